The van der Waals surface area contributed by atoms with Crippen molar-refractivity contribution in [3.05, 3.63) is 71.4 Å². The molecule has 1 fully saturated rings. The molecular formula is C28H35N3O2. The number of benzene rings is 2. The number of likely N-dealkylation sites (tertiary alicyclic amines) is 1. The molecule has 2 heterocycles. The summed E-state index contributed by atoms with van der Waals surface area (Å²) in [5.41, 5.74) is 5.19. The Bertz CT molecular complexity index is 1070. The number of fused-ring (bicyclic) bond motifs is 2. The first-order chi connectivity index (χ1) is 16.2. The first-order valence-electron chi connectivity index (χ1n) is 12.3. The summed E-state index contributed by atoms with van der Waals surface area (Å²) in [6.45, 7) is 4.32. The number of piperidine rings is 1. The van der Waals surface area contributed by atoms with E-state index in [4.69, 9.17) is 4.74 Å². The minimum Gasteiger partial charge on any atom is -0.383 e. The van der Waals surface area contributed by atoms with Gasteiger partial charge in [0.2, 0.25) is 5.91 Å². The van der Waals surface area contributed by atoms with Crippen molar-refractivity contribution in [3.63, 3.8) is 0 Å². The van der Waals surface area contributed by atoms with Gasteiger partial charge in [0.05, 0.1) is 13.0 Å². The van der Waals surface area contributed by atoms with Gasteiger partial charge in [-0.25, -0.2) is 0 Å². The molecule has 2 aromatic carbocycles. The highest BCUT2D eigenvalue weighted by Crippen LogP contribution is 2.29. The number of methoxy groups -OCH3 is 1. The van der Waals surface area contributed by atoms with E-state index in [1.807, 2.05) is 23.2 Å². The molecule has 5 nitrogen and oxygen atoms in total. The van der Waals surface area contributed by atoms with E-state index >= 15 is 0 Å². The zero-order valence-corrected chi connectivity index (χ0v) is 19.6. The average molecular weight is 446 g/mol. The summed E-state index contributed by atoms with van der Waals surface area (Å²) < 4.78 is 5.34. The highest BCUT2D eigenvalue weighted by Gasteiger charge is 2.31. The van der Waals surface area contributed by atoms with Crippen LogP contribution in [0, 0.1) is 5.92 Å². The van der Waals surface area contributed by atoms with Crippen LogP contribution in [-0.4, -0.2) is 66.6 Å². The highest BCUT2D eigenvalue weighted by atomic mass is 16.5. The van der Waals surface area contributed by atoms with E-state index in [1.165, 1.54) is 30.5 Å². The maximum Gasteiger partial charge on any atom is 0.227 e. The summed E-state index contributed by atoms with van der Waals surface area (Å²) >= 11 is 0. The minimum atomic E-state index is 0.196. The number of aromatic amines is 1. The highest BCUT2D eigenvalue weighted by molar-refractivity contribution is 5.88. The number of nitrogens with zero attached hydrogens (tertiary/aromatic N) is 2. The second-order valence-electron chi connectivity index (χ2n) is 9.70. The number of nitrogens with one attached hydrogen (secondary N) is 1. The molecule has 174 valence electrons. The molecule has 0 radical (unpaired) electrons. The Labute approximate surface area is 196 Å². The average Bonchev–Trinajstić information content (AvgIpc) is 3.46. The van der Waals surface area contributed by atoms with E-state index in [0.29, 0.717) is 31.5 Å². The van der Waals surface area contributed by atoms with Crippen molar-refractivity contribution in [1.29, 1.82) is 0 Å². The Morgan fingerprint density at radius 1 is 1.12 bits per heavy atom. The van der Waals surface area contributed by atoms with Gasteiger partial charge in [0.15, 0.2) is 0 Å². The van der Waals surface area contributed by atoms with Gasteiger partial charge in [-0.05, 0) is 60.9 Å². The van der Waals surface area contributed by atoms with Crippen molar-refractivity contribution in [3.8, 4) is 0 Å². The van der Waals surface area contributed by atoms with Crippen LogP contribution in [0.3, 0.4) is 0 Å². The molecule has 1 aliphatic carbocycles. The van der Waals surface area contributed by atoms with Crippen LogP contribution in [0.15, 0.2) is 54.7 Å². The van der Waals surface area contributed by atoms with Crippen LogP contribution < -0.4 is 0 Å². The van der Waals surface area contributed by atoms with Crippen LogP contribution in [0.4, 0.5) is 0 Å². The van der Waals surface area contributed by atoms with Gasteiger partial charge < -0.3 is 14.6 Å². The maximum atomic E-state index is 13.4. The van der Waals surface area contributed by atoms with Crippen molar-refractivity contribution < 1.29 is 9.53 Å². The van der Waals surface area contributed by atoms with Gasteiger partial charge in [-0.2, -0.15) is 0 Å². The first kappa shape index (κ1) is 22.2. The molecule has 5 heteroatoms. The van der Waals surface area contributed by atoms with E-state index in [9.17, 15) is 4.79 Å². The standard InChI is InChI=1S/C28H35N3O2/c1-33-14-13-31(28(32)17-24-18-29-27-11-5-4-10-26(24)27)20-21-7-6-12-30(19-21)25-15-22-8-2-3-9-23(22)16-25/h2-5,8-11,18,21,25,29H,6-7,12-17,19-20H2,1H3. The Kier molecular flexibility index (Phi) is 6.79. The fourth-order valence-electron chi connectivity index (χ4n) is 5.76. The minimum absolute atomic E-state index is 0.196. The van der Waals surface area contributed by atoms with Gasteiger partial charge >= 0.3 is 0 Å². The molecule has 1 unspecified atom stereocenters. The summed E-state index contributed by atoms with van der Waals surface area (Å²) in [6, 6.07) is 17.7. The third-order valence-electron chi connectivity index (χ3n) is 7.51. The van der Waals surface area contributed by atoms with E-state index in [1.54, 1.807) is 7.11 Å². The van der Waals surface area contributed by atoms with E-state index < -0.39 is 0 Å². The van der Waals surface area contributed by atoms with Crippen molar-refractivity contribution in [1.82, 2.24) is 14.8 Å². The lowest BCUT2D eigenvalue weighted by Gasteiger charge is -2.38. The van der Waals surface area contributed by atoms with Crippen LogP contribution in [0.5, 0.6) is 0 Å². The first-order valence-corrected chi connectivity index (χ1v) is 12.3. The molecule has 0 saturated carbocycles. The predicted octanol–water partition coefficient (Wildman–Crippen LogP) is 4.06. The summed E-state index contributed by atoms with van der Waals surface area (Å²) in [6.07, 6.45) is 7.15. The zero-order chi connectivity index (χ0) is 22.6. The maximum absolute atomic E-state index is 13.4. The Morgan fingerprint density at radius 3 is 2.67 bits per heavy atom. The number of para-hydroxylation sites is 1. The number of rotatable bonds is 8. The van der Waals surface area contributed by atoms with Crippen molar-refractivity contribution >= 4 is 16.8 Å². The Hall–Kier alpha value is -2.63. The molecule has 1 N–H and O–H groups in total. The second-order valence-corrected chi connectivity index (χ2v) is 9.70. The molecular weight excluding hydrogens is 410 g/mol. The number of amides is 1. The third kappa shape index (κ3) is 4.99. The normalized spacial score (nSPS) is 19.1. The zero-order valence-electron chi connectivity index (χ0n) is 19.6. The Balaban J connectivity index is 1.23. The quantitative estimate of drug-likeness (QED) is 0.569. The number of hydrogen-bond donors (Lipinski definition) is 1. The van der Waals surface area contributed by atoms with Crippen molar-refractivity contribution in [2.75, 3.05) is 39.9 Å². The van der Waals surface area contributed by atoms with Crippen LogP contribution >= 0.6 is 0 Å². The predicted molar refractivity (Wildman–Crippen MR) is 132 cm³/mol. The fraction of sp³-hybridized carbons (Fsp3) is 0.464. The number of aromatic nitrogens is 1. The molecule has 5 rings (SSSR count). The summed E-state index contributed by atoms with van der Waals surface area (Å²) in [7, 11) is 1.71. The van der Waals surface area contributed by atoms with Gasteiger partial charge in [-0.15, -0.1) is 0 Å². The third-order valence-corrected chi connectivity index (χ3v) is 7.51. The van der Waals surface area contributed by atoms with Crippen LogP contribution in [0.1, 0.15) is 29.5 Å². The van der Waals surface area contributed by atoms with Crippen LogP contribution in [0.2, 0.25) is 0 Å². The van der Waals surface area contributed by atoms with Crippen LogP contribution in [0.25, 0.3) is 10.9 Å². The van der Waals surface area contributed by atoms with Crippen LogP contribution in [-0.2, 0) is 28.8 Å². The summed E-state index contributed by atoms with van der Waals surface area (Å²) in [4.78, 5) is 21.4. The molecule has 0 spiro atoms. The Morgan fingerprint density at radius 2 is 1.88 bits per heavy atom. The smallest absolute Gasteiger partial charge is 0.227 e. The molecule has 3 aromatic rings. The van der Waals surface area contributed by atoms with E-state index in [2.05, 4.69) is 46.3 Å². The summed E-state index contributed by atoms with van der Waals surface area (Å²) in [5, 5.41) is 1.14. The lowest BCUT2D eigenvalue weighted by atomic mass is 9.95. The lowest BCUT2D eigenvalue weighted by Crippen LogP contribution is -2.47. The van der Waals surface area contributed by atoms with Gasteiger partial charge in [0.1, 0.15) is 0 Å². The molecule has 1 aliphatic heterocycles. The monoisotopic (exact) mass is 445 g/mol. The fourth-order valence-corrected chi connectivity index (χ4v) is 5.76. The molecule has 33 heavy (non-hydrogen) atoms. The molecule has 1 aromatic heterocycles. The van der Waals surface area contributed by atoms with Gasteiger partial charge in [0.25, 0.3) is 0 Å². The molecule has 0 bridgehead atoms. The number of H-pyrrole nitrogens is 1. The van der Waals surface area contributed by atoms with Gasteiger partial charge in [-0.3, -0.25) is 9.69 Å². The van der Waals surface area contributed by atoms with Crippen molar-refractivity contribution in [2.45, 2.75) is 38.1 Å². The van der Waals surface area contributed by atoms with Gasteiger partial charge in [-0.1, -0.05) is 42.5 Å². The lowest BCUT2D eigenvalue weighted by molar-refractivity contribution is -0.132. The molecule has 1 atom stereocenters. The molecule has 1 amide bonds. The van der Waals surface area contributed by atoms with E-state index in [-0.39, 0.29) is 5.91 Å². The number of hydrogen-bond acceptors (Lipinski definition) is 3. The molecule has 1 saturated heterocycles. The number of ether oxygens (including phenoxy) is 1. The number of carbonyl (C=O) groups excluding carboxylic acids is 1. The van der Waals surface area contributed by atoms with Crippen molar-refractivity contribution in [2.24, 2.45) is 5.92 Å². The number of carbonyl (C=O) groups is 1. The SMILES string of the molecule is COCCN(CC1CCCN(C2Cc3ccccc3C2)C1)C(=O)Cc1c[nH]c2ccccc12. The summed E-state index contributed by atoms with van der Waals surface area (Å²) in [5.74, 6) is 0.716. The topological polar surface area (TPSA) is 48.6 Å². The van der Waals surface area contributed by atoms with E-state index in [0.717, 1.165) is 42.4 Å². The molecule has 2 aliphatic rings. The second kappa shape index (κ2) is 10.1. The van der Waals surface area contributed by atoms with Gasteiger partial charge in [0, 0.05) is 49.9 Å². The largest absolute Gasteiger partial charge is 0.383 e.